The van der Waals surface area contributed by atoms with E-state index in [1.54, 1.807) is 11.8 Å². The van der Waals surface area contributed by atoms with Gasteiger partial charge >= 0.3 is 0 Å². The summed E-state index contributed by atoms with van der Waals surface area (Å²) in [4.78, 5) is 22.5. The van der Waals surface area contributed by atoms with Gasteiger partial charge in [-0.1, -0.05) is 36.0 Å². The van der Waals surface area contributed by atoms with Gasteiger partial charge < -0.3 is 14.6 Å². The van der Waals surface area contributed by atoms with Gasteiger partial charge in [-0.05, 0) is 43.7 Å². The highest BCUT2D eigenvalue weighted by Gasteiger charge is 2.26. The van der Waals surface area contributed by atoms with Crippen LogP contribution in [0.2, 0.25) is 0 Å². The number of morpholine rings is 1. The molecular weight excluding hydrogens is 358 g/mol. The fraction of sp³-hybridized carbons (Fsp3) is 0.333. The van der Waals surface area contributed by atoms with Gasteiger partial charge in [0.25, 0.3) is 5.91 Å². The number of aromatic nitrogens is 2. The number of para-hydroxylation sites is 2. The predicted octanol–water partition coefficient (Wildman–Crippen LogP) is 4.10. The van der Waals surface area contributed by atoms with E-state index in [-0.39, 0.29) is 18.1 Å². The third kappa shape index (κ3) is 4.17. The summed E-state index contributed by atoms with van der Waals surface area (Å²) in [5, 5.41) is 0.910. The molecular formula is C21H23N3O2S. The Kier molecular flexibility index (Phi) is 5.18. The molecule has 140 valence electrons. The van der Waals surface area contributed by atoms with Crippen LogP contribution in [0.1, 0.15) is 29.8 Å². The van der Waals surface area contributed by atoms with Gasteiger partial charge in [-0.3, -0.25) is 4.79 Å². The van der Waals surface area contributed by atoms with Crippen molar-refractivity contribution in [1.82, 2.24) is 14.9 Å². The molecule has 1 aliphatic rings. The molecule has 0 spiro atoms. The summed E-state index contributed by atoms with van der Waals surface area (Å²) in [6, 6.07) is 15.9. The van der Waals surface area contributed by atoms with Crippen LogP contribution in [-0.4, -0.2) is 46.1 Å². The summed E-state index contributed by atoms with van der Waals surface area (Å²) in [6.45, 7) is 5.31. The first kappa shape index (κ1) is 18.1. The van der Waals surface area contributed by atoms with E-state index < -0.39 is 0 Å². The lowest BCUT2D eigenvalue weighted by Crippen LogP contribution is -2.48. The highest BCUT2D eigenvalue weighted by Crippen LogP contribution is 2.23. The Hall–Kier alpha value is -2.31. The molecule has 0 radical (unpaired) electrons. The highest BCUT2D eigenvalue weighted by atomic mass is 32.2. The number of thioether (sulfide) groups is 1. The molecule has 1 fully saturated rings. The molecule has 0 saturated carbocycles. The minimum atomic E-state index is 0.0773. The average Bonchev–Trinajstić information content (AvgIpc) is 3.08. The standard InChI is InChI=1S/C21H23N3O2S/c1-14-11-24(12-15(2)26-14)20(25)17-9-7-16(8-10-17)13-27-21-22-18-5-3-4-6-19(18)23-21/h3-10,14-15H,11-13H2,1-2H3,(H,22,23)/t14-,15+. The van der Waals surface area contributed by atoms with E-state index >= 15 is 0 Å². The molecule has 2 aromatic carbocycles. The molecule has 27 heavy (non-hydrogen) atoms. The molecule has 6 heteroatoms. The van der Waals surface area contributed by atoms with Crippen LogP contribution in [0.25, 0.3) is 11.0 Å². The van der Waals surface area contributed by atoms with Crippen molar-refractivity contribution in [3.05, 3.63) is 59.7 Å². The number of benzene rings is 2. The summed E-state index contributed by atoms with van der Waals surface area (Å²) in [7, 11) is 0. The van der Waals surface area contributed by atoms with Crippen LogP contribution in [0.15, 0.2) is 53.7 Å². The molecule has 1 saturated heterocycles. The SMILES string of the molecule is C[C@@H]1CN(C(=O)c2ccc(CSc3nc4ccccc4[nH]3)cc2)C[C@H](C)O1. The molecule has 5 nitrogen and oxygen atoms in total. The smallest absolute Gasteiger partial charge is 0.254 e. The quantitative estimate of drug-likeness (QED) is 0.691. The summed E-state index contributed by atoms with van der Waals surface area (Å²) < 4.78 is 5.71. The average molecular weight is 382 g/mol. The molecule has 3 aromatic rings. The maximum atomic E-state index is 12.7. The third-order valence-electron chi connectivity index (χ3n) is 4.65. The maximum absolute atomic E-state index is 12.7. The lowest BCUT2D eigenvalue weighted by molar-refractivity contribution is -0.0586. The first-order valence-corrected chi connectivity index (χ1v) is 10.2. The van der Waals surface area contributed by atoms with Crippen LogP contribution in [0.3, 0.4) is 0 Å². The summed E-state index contributed by atoms with van der Waals surface area (Å²) in [5.41, 5.74) is 3.93. The van der Waals surface area contributed by atoms with Gasteiger partial charge in [0.1, 0.15) is 0 Å². The first-order valence-electron chi connectivity index (χ1n) is 9.20. The Balaban J connectivity index is 1.39. The number of nitrogens with one attached hydrogen (secondary N) is 1. The van der Waals surface area contributed by atoms with E-state index in [1.807, 2.05) is 67.3 Å². The Morgan fingerprint density at radius 1 is 1.15 bits per heavy atom. The molecule has 2 heterocycles. The lowest BCUT2D eigenvalue weighted by atomic mass is 10.1. The van der Waals surface area contributed by atoms with E-state index in [0.717, 1.165) is 27.5 Å². The fourth-order valence-corrected chi connectivity index (χ4v) is 4.26. The molecule has 1 aliphatic heterocycles. The van der Waals surface area contributed by atoms with E-state index in [4.69, 9.17) is 4.74 Å². The zero-order valence-electron chi connectivity index (χ0n) is 15.5. The molecule has 4 rings (SSSR count). The zero-order chi connectivity index (χ0) is 18.8. The number of hydrogen-bond donors (Lipinski definition) is 1. The summed E-state index contributed by atoms with van der Waals surface area (Å²) in [5.74, 6) is 0.883. The number of carbonyl (C=O) groups is 1. The molecule has 0 unspecified atom stereocenters. The Bertz CT molecular complexity index is 895. The van der Waals surface area contributed by atoms with Crippen molar-refractivity contribution < 1.29 is 9.53 Å². The monoisotopic (exact) mass is 381 g/mol. The van der Waals surface area contributed by atoms with Crippen LogP contribution in [-0.2, 0) is 10.5 Å². The lowest BCUT2D eigenvalue weighted by Gasteiger charge is -2.35. The van der Waals surface area contributed by atoms with E-state index in [9.17, 15) is 4.79 Å². The number of amides is 1. The van der Waals surface area contributed by atoms with Crippen molar-refractivity contribution >= 4 is 28.7 Å². The zero-order valence-corrected chi connectivity index (χ0v) is 16.3. The van der Waals surface area contributed by atoms with E-state index in [0.29, 0.717) is 13.1 Å². The number of H-pyrrole nitrogens is 1. The number of aromatic amines is 1. The van der Waals surface area contributed by atoms with Crippen molar-refractivity contribution in [1.29, 1.82) is 0 Å². The number of carbonyl (C=O) groups excluding carboxylic acids is 1. The molecule has 1 amide bonds. The van der Waals surface area contributed by atoms with Crippen molar-refractivity contribution in [2.24, 2.45) is 0 Å². The van der Waals surface area contributed by atoms with Crippen molar-refractivity contribution in [2.45, 2.75) is 37.0 Å². The van der Waals surface area contributed by atoms with Gasteiger partial charge in [0, 0.05) is 24.4 Å². The molecule has 1 N–H and O–H groups in total. The second-order valence-electron chi connectivity index (χ2n) is 7.01. The molecule has 1 aromatic heterocycles. The largest absolute Gasteiger partial charge is 0.372 e. The summed E-state index contributed by atoms with van der Waals surface area (Å²) >= 11 is 1.66. The Labute approximate surface area is 163 Å². The number of ether oxygens (including phenoxy) is 1. The van der Waals surface area contributed by atoms with Crippen LogP contribution in [0.5, 0.6) is 0 Å². The number of imidazole rings is 1. The predicted molar refractivity (Wildman–Crippen MR) is 108 cm³/mol. The minimum Gasteiger partial charge on any atom is -0.372 e. The van der Waals surface area contributed by atoms with Gasteiger partial charge in [0.15, 0.2) is 5.16 Å². The fourth-order valence-electron chi connectivity index (χ4n) is 3.42. The van der Waals surface area contributed by atoms with Crippen molar-refractivity contribution in [3.63, 3.8) is 0 Å². The number of hydrogen-bond acceptors (Lipinski definition) is 4. The van der Waals surface area contributed by atoms with E-state index in [2.05, 4.69) is 9.97 Å². The highest BCUT2D eigenvalue weighted by molar-refractivity contribution is 7.98. The second kappa shape index (κ2) is 7.74. The topological polar surface area (TPSA) is 58.2 Å². The van der Waals surface area contributed by atoms with Gasteiger partial charge in [0.2, 0.25) is 0 Å². The summed E-state index contributed by atoms with van der Waals surface area (Å²) in [6.07, 6.45) is 0.161. The maximum Gasteiger partial charge on any atom is 0.254 e. The van der Waals surface area contributed by atoms with Crippen molar-refractivity contribution in [3.8, 4) is 0 Å². The van der Waals surface area contributed by atoms with Gasteiger partial charge in [-0.15, -0.1) is 0 Å². The molecule has 0 aliphatic carbocycles. The third-order valence-corrected chi connectivity index (χ3v) is 5.60. The second-order valence-corrected chi connectivity index (χ2v) is 7.98. The van der Waals surface area contributed by atoms with Crippen LogP contribution >= 0.6 is 11.8 Å². The van der Waals surface area contributed by atoms with Crippen LogP contribution in [0.4, 0.5) is 0 Å². The van der Waals surface area contributed by atoms with E-state index in [1.165, 1.54) is 5.56 Å². The normalized spacial score (nSPS) is 20.1. The van der Waals surface area contributed by atoms with Gasteiger partial charge in [-0.2, -0.15) is 0 Å². The number of fused-ring (bicyclic) bond motifs is 1. The molecule has 0 bridgehead atoms. The Morgan fingerprint density at radius 2 is 1.85 bits per heavy atom. The van der Waals surface area contributed by atoms with Crippen LogP contribution in [0, 0.1) is 0 Å². The van der Waals surface area contributed by atoms with Gasteiger partial charge in [-0.25, -0.2) is 4.98 Å². The van der Waals surface area contributed by atoms with Crippen molar-refractivity contribution in [2.75, 3.05) is 13.1 Å². The minimum absolute atomic E-state index is 0.0773. The number of nitrogens with zero attached hydrogens (tertiary/aromatic N) is 2. The van der Waals surface area contributed by atoms with Gasteiger partial charge in [0.05, 0.1) is 23.2 Å². The number of rotatable bonds is 4. The molecule has 2 atom stereocenters. The first-order chi connectivity index (χ1) is 13.1. The van der Waals surface area contributed by atoms with Crippen LogP contribution < -0.4 is 0 Å². The Morgan fingerprint density at radius 3 is 2.56 bits per heavy atom.